The maximum Gasteiger partial charge on any atom is 0.191 e. The van der Waals surface area contributed by atoms with Gasteiger partial charge in [-0.05, 0) is 31.0 Å². The minimum Gasteiger partial charge on any atom is -0.469 e. The fourth-order valence-electron chi connectivity index (χ4n) is 2.48. The normalized spacial score (nSPS) is 12.1. The second-order valence-electron chi connectivity index (χ2n) is 5.95. The van der Waals surface area contributed by atoms with Crippen LogP contribution in [0, 0.1) is 0 Å². The average molecular weight is 378 g/mol. The van der Waals surface area contributed by atoms with Gasteiger partial charge in [-0.2, -0.15) is 0 Å². The van der Waals surface area contributed by atoms with E-state index in [1.54, 1.807) is 6.26 Å². The van der Waals surface area contributed by atoms with Gasteiger partial charge in [0.1, 0.15) is 5.76 Å². The number of nitrogens with zero attached hydrogens (tertiary/aromatic N) is 1. The fraction of sp³-hybridized carbons (Fsp3) is 0.421. The number of sulfone groups is 1. The number of benzene rings is 1. The van der Waals surface area contributed by atoms with Crippen LogP contribution in [0.2, 0.25) is 0 Å². The van der Waals surface area contributed by atoms with Crippen molar-refractivity contribution in [2.24, 2.45) is 4.99 Å². The van der Waals surface area contributed by atoms with Crippen molar-refractivity contribution in [3.05, 3.63) is 60.1 Å². The van der Waals surface area contributed by atoms with E-state index < -0.39 is 9.84 Å². The summed E-state index contributed by atoms with van der Waals surface area (Å²) in [7, 11) is -3.11. The van der Waals surface area contributed by atoms with Crippen LogP contribution in [0.3, 0.4) is 0 Å². The molecule has 0 atom stereocenters. The lowest BCUT2D eigenvalue weighted by Gasteiger charge is -2.10. The number of hydrogen-bond donors (Lipinski definition) is 2. The van der Waals surface area contributed by atoms with E-state index in [0.717, 1.165) is 24.3 Å². The van der Waals surface area contributed by atoms with E-state index >= 15 is 0 Å². The molecule has 1 aromatic carbocycles. The lowest BCUT2D eigenvalue weighted by molar-refractivity contribution is 0.507. The molecule has 1 heterocycles. The highest BCUT2D eigenvalue weighted by atomic mass is 32.2. The van der Waals surface area contributed by atoms with Gasteiger partial charge in [0.05, 0.1) is 17.8 Å². The number of aliphatic imine (C=N–C) groups is 1. The van der Waals surface area contributed by atoms with Crippen molar-refractivity contribution in [2.45, 2.75) is 25.5 Å². The summed E-state index contributed by atoms with van der Waals surface area (Å²) in [6, 6.07) is 13.1. The number of nitrogens with one attached hydrogen (secondary N) is 2. The molecule has 0 saturated carbocycles. The number of hydrogen-bond acceptors (Lipinski definition) is 4. The summed E-state index contributed by atoms with van der Waals surface area (Å²) < 4.78 is 29.7. The Kier molecular flexibility index (Phi) is 8.21. The number of guanidine groups is 1. The average Bonchev–Trinajstić information content (AvgIpc) is 3.12. The molecule has 2 rings (SSSR count). The third-order valence-corrected chi connectivity index (χ3v) is 5.38. The van der Waals surface area contributed by atoms with Crippen LogP contribution in [-0.2, 0) is 22.0 Å². The molecule has 0 amide bonds. The van der Waals surface area contributed by atoms with E-state index in [-0.39, 0.29) is 11.5 Å². The van der Waals surface area contributed by atoms with Crippen LogP contribution in [-0.4, -0.2) is 39.8 Å². The molecule has 6 nitrogen and oxygen atoms in total. The lowest BCUT2D eigenvalue weighted by atomic mass is 10.2. The Morgan fingerprint density at radius 3 is 2.62 bits per heavy atom. The maximum atomic E-state index is 12.2. The van der Waals surface area contributed by atoms with Gasteiger partial charge >= 0.3 is 0 Å². The smallest absolute Gasteiger partial charge is 0.191 e. The van der Waals surface area contributed by atoms with Crippen molar-refractivity contribution in [3.8, 4) is 0 Å². The van der Waals surface area contributed by atoms with Gasteiger partial charge in [0, 0.05) is 26.1 Å². The summed E-state index contributed by atoms with van der Waals surface area (Å²) in [5, 5.41) is 6.38. The Morgan fingerprint density at radius 2 is 1.92 bits per heavy atom. The SMILES string of the molecule is CCNC(=NCCCS(=O)(=O)Cc1ccccc1)NCCc1ccco1. The first-order valence-electron chi connectivity index (χ1n) is 8.88. The Labute approximate surface area is 155 Å². The molecule has 0 spiro atoms. The van der Waals surface area contributed by atoms with Gasteiger partial charge in [0.2, 0.25) is 0 Å². The van der Waals surface area contributed by atoms with E-state index in [2.05, 4.69) is 15.6 Å². The molecule has 1 aromatic heterocycles. The van der Waals surface area contributed by atoms with E-state index in [0.29, 0.717) is 25.5 Å². The Hall–Kier alpha value is -2.28. The standard InChI is InChI=1S/C19H27N3O3S/c1-2-20-19(22-13-11-18-10-6-14-25-18)21-12-7-15-26(23,24)16-17-8-4-3-5-9-17/h3-6,8-10,14H,2,7,11-13,15-16H2,1H3,(H2,20,21,22). The second-order valence-corrected chi connectivity index (χ2v) is 8.13. The molecule has 2 aromatic rings. The molecule has 0 aliphatic carbocycles. The molecule has 0 aliphatic heterocycles. The van der Waals surface area contributed by atoms with Gasteiger partial charge < -0.3 is 15.1 Å². The molecule has 0 aliphatic rings. The largest absolute Gasteiger partial charge is 0.469 e. The van der Waals surface area contributed by atoms with Gasteiger partial charge in [-0.25, -0.2) is 8.42 Å². The second kappa shape index (κ2) is 10.7. The predicted molar refractivity (Wildman–Crippen MR) is 105 cm³/mol. The zero-order valence-corrected chi connectivity index (χ0v) is 16.0. The monoisotopic (exact) mass is 377 g/mol. The topological polar surface area (TPSA) is 83.7 Å². The maximum absolute atomic E-state index is 12.2. The summed E-state index contributed by atoms with van der Waals surface area (Å²) in [5.74, 6) is 1.83. The molecule has 0 saturated heterocycles. The molecule has 0 bridgehead atoms. The van der Waals surface area contributed by atoms with E-state index in [1.165, 1.54) is 0 Å². The quantitative estimate of drug-likeness (QED) is 0.377. The highest BCUT2D eigenvalue weighted by molar-refractivity contribution is 7.90. The van der Waals surface area contributed by atoms with Crippen LogP contribution >= 0.6 is 0 Å². The molecule has 0 fully saturated rings. The van der Waals surface area contributed by atoms with Gasteiger partial charge in [-0.15, -0.1) is 0 Å². The Bertz CT molecular complexity index is 757. The van der Waals surface area contributed by atoms with Crippen molar-refractivity contribution in [2.75, 3.05) is 25.4 Å². The van der Waals surface area contributed by atoms with Crippen LogP contribution in [0.15, 0.2) is 58.1 Å². The van der Waals surface area contributed by atoms with Crippen LogP contribution in [0.1, 0.15) is 24.7 Å². The van der Waals surface area contributed by atoms with Gasteiger partial charge in [0.15, 0.2) is 15.8 Å². The molecule has 2 N–H and O–H groups in total. The highest BCUT2D eigenvalue weighted by Crippen LogP contribution is 2.07. The minimum absolute atomic E-state index is 0.0824. The van der Waals surface area contributed by atoms with Crippen LogP contribution in [0.25, 0.3) is 0 Å². The zero-order valence-electron chi connectivity index (χ0n) is 15.1. The molecule has 142 valence electrons. The minimum atomic E-state index is -3.11. The molecular formula is C19H27N3O3S. The van der Waals surface area contributed by atoms with Gasteiger partial charge in [0.25, 0.3) is 0 Å². The molecule has 0 unspecified atom stereocenters. The van der Waals surface area contributed by atoms with Gasteiger partial charge in [-0.3, -0.25) is 4.99 Å². The van der Waals surface area contributed by atoms with E-state index in [1.807, 2.05) is 49.4 Å². The van der Waals surface area contributed by atoms with Crippen molar-refractivity contribution in [3.63, 3.8) is 0 Å². The van der Waals surface area contributed by atoms with E-state index in [9.17, 15) is 8.42 Å². The summed E-state index contributed by atoms with van der Waals surface area (Å²) in [5.41, 5.74) is 0.823. The molecular weight excluding hydrogens is 350 g/mol. The Balaban J connectivity index is 1.74. The van der Waals surface area contributed by atoms with Crippen LogP contribution in [0.4, 0.5) is 0 Å². The first-order valence-corrected chi connectivity index (χ1v) is 10.7. The third kappa shape index (κ3) is 7.74. The van der Waals surface area contributed by atoms with Crippen molar-refractivity contribution in [1.82, 2.24) is 10.6 Å². The summed E-state index contributed by atoms with van der Waals surface area (Å²) in [6.07, 6.45) is 2.93. The fourth-order valence-corrected chi connectivity index (χ4v) is 3.89. The zero-order chi connectivity index (χ0) is 18.7. The number of furan rings is 1. The van der Waals surface area contributed by atoms with Crippen molar-refractivity contribution < 1.29 is 12.8 Å². The lowest BCUT2D eigenvalue weighted by Crippen LogP contribution is -2.38. The van der Waals surface area contributed by atoms with Gasteiger partial charge in [-0.1, -0.05) is 30.3 Å². The summed E-state index contributed by atoms with van der Waals surface area (Å²) in [6.45, 7) is 3.91. The molecule has 7 heteroatoms. The molecule has 0 radical (unpaired) electrons. The first-order chi connectivity index (χ1) is 12.6. The Morgan fingerprint density at radius 1 is 1.12 bits per heavy atom. The van der Waals surface area contributed by atoms with Crippen molar-refractivity contribution in [1.29, 1.82) is 0 Å². The van der Waals surface area contributed by atoms with Crippen LogP contribution in [0.5, 0.6) is 0 Å². The van der Waals surface area contributed by atoms with E-state index in [4.69, 9.17) is 4.42 Å². The summed E-state index contributed by atoms with van der Waals surface area (Å²) >= 11 is 0. The van der Waals surface area contributed by atoms with Crippen molar-refractivity contribution >= 4 is 15.8 Å². The molecule has 26 heavy (non-hydrogen) atoms. The first kappa shape index (κ1) is 20.0. The summed E-state index contributed by atoms with van der Waals surface area (Å²) in [4.78, 5) is 4.44. The predicted octanol–water partition coefficient (Wildman–Crippen LogP) is 2.38. The van der Waals surface area contributed by atoms with Crippen LogP contribution < -0.4 is 10.6 Å². The number of rotatable bonds is 10. The third-order valence-electron chi connectivity index (χ3n) is 3.70. The highest BCUT2D eigenvalue weighted by Gasteiger charge is 2.11.